The van der Waals surface area contributed by atoms with Crippen LogP contribution in [0.2, 0.25) is 0 Å². The van der Waals surface area contributed by atoms with Crippen molar-refractivity contribution in [2.45, 2.75) is 11.6 Å². The zero-order chi connectivity index (χ0) is 15.7. The highest BCUT2D eigenvalue weighted by Crippen LogP contribution is 2.39. The molecule has 0 N–H and O–H groups in total. The summed E-state index contributed by atoms with van der Waals surface area (Å²) in [5.74, 6) is 0.335. The van der Waals surface area contributed by atoms with Crippen molar-refractivity contribution in [2.75, 3.05) is 14.2 Å². The van der Waals surface area contributed by atoms with E-state index in [0.29, 0.717) is 22.9 Å². The first-order chi connectivity index (χ1) is 10.7. The first-order valence-electron chi connectivity index (χ1n) is 6.74. The molecule has 1 aromatic carbocycles. The van der Waals surface area contributed by atoms with Gasteiger partial charge >= 0.3 is 11.9 Å². The number of hydrogen-bond acceptors (Lipinski definition) is 5. The number of hydrogen-bond donors (Lipinski definition) is 0. The molecular formula is C16H15NO4S. The predicted molar refractivity (Wildman–Crippen MR) is 83.8 cm³/mol. The molecule has 0 atom stereocenters. The van der Waals surface area contributed by atoms with Crippen molar-refractivity contribution in [2.24, 2.45) is 0 Å². The van der Waals surface area contributed by atoms with Crippen LogP contribution < -0.4 is 0 Å². The monoisotopic (exact) mass is 317 g/mol. The molecule has 1 aliphatic heterocycles. The lowest BCUT2D eigenvalue weighted by molar-refractivity contribution is 0.0556. The lowest BCUT2D eigenvalue weighted by Gasteiger charge is -2.08. The van der Waals surface area contributed by atoms with Gasteiger partial charge < -0.3 is 14.0 Å². The summed E-state index contributed by atoms with van der Waals surface area (Å²) in [6.07, 6.45) is 0. The second-order valence-electron chi connectivity index (χ2n) is 4.80. The Morgan fingerprint density at radius 2 is 1.68 bits per heavy atom. The van der Waals surface area contributed by atoms with Crippen LogP contribution >= 0.6 is 11.8 Å². The van der Waals surface area contributed by atoms with Gasteiger partial charge in [0.1, 0.15) is 5.56 Å². The van der Waals surface area contributed by atoms with E-state index in [-0.39, 0.29) is 5.56 Å². The van der Waals surface area contributed by atoms with Crippen molar-refractivity contribution in [3.05, 3.63) is 47.2 Å². The third-order valence-corrected chi connectivity index (χ3v) is 4.57. The molecule has 0 unspecified atom stereocenters. The van der Waals surface area contributed by atoms with Gasteiger partial charge in [0.25, 0.3) is 0 Å². The van der Waals surface area contributed by atoms with Crippen molar-refractivity contribution >= 4 is 23.7 Å². The van der Waals surface area contributed by atoms with Crippen molar-refractivity contribution < 1.29 is 19.1 Å². The van der Waals surface area contributed by atoms with Crippen LogP contribution in [0.4, 0.5) is 0 Å². The van der Waals surface area contributed by atoms with Crippen LogP contribution in [0.1, 0.15) is 26.4 Å². The quantitative estimate of drug-likeness (QED) is 0.815. The highest BCUT2D eigenvalue weighted by atomic mass is 32.2. The van der Waals surface area contributed by atoms with Crippen LogP contribution in [-0.4, -0.2) is 30.7 Å². The number of fused-ring (bicyclic) bond motifs is 1. The highest BCUT2D eigenvalue weighted by Gasteiger charge is 2.34. The van der Waals surface area contributed by atoms with Crippen molar-refractivity contribution in [3.8, 4) is 11.3 Å². The number of benzene rings is 1. The molecule has 0 spiro atoms. The number of methoxy groups -OCH3 is 2. The summed E-state index contributed by atoms with van der Waals surface area (Å²) in [7, 11) is 2.63. The zero-order valence-corrected chi connectivity index (χ0v) is 13.1. The first-order valence-corrected chi connectivity index (χ1v) is 7.89. The van der Waals surface area contributed by atoms with Gasteiger partial charge in [-0.1, -0.05) is 30.3 Å². The summed E-state index contributed by atoms with van der Waals surface area (Å²) in [5.41, 5.74) is 3.01. The maximum absolute atomic E-state index is 12.3. The largest absolute Gasteiger partial charge is 0.465 e. The summed E-state index contributed by atoms with van der Waals surface area (Å²) in [4.78, 5) is 24.5. The van der Waals surface area contributed by atoms with E-state index in [1.807, 2.05) is 34.9 Å². The number of nitrogens with zero attached hydrogens (tertiary/aromatic N) is 1. The molecule has 0 bridgehead atoms. The van der Waals surface area contributed by atoms with Crippen LogP contribution in [0.15, 0.2) is 30.3 Å². The Hall–Kier alpha value is -2.21. The normalized spacial score (nSPS) is 12.8. The van der Waals surface area contributed by atoms with Gasteiger partial charge in [-0.3, -0.25) is 0 Å². The van der Waals surface area contributed by atoms with Crippen LogP contribution in [0.3, 0.4) is 0 Å². The average Bonchev–Trinajstić information content (AvgIpc) is 3.13. The second-order valence-corrected chi connectivity index (χ2v) is 5.76. The molecule has 0 saturated heterocycles. The Balaban J connectivity index is 2.33. The predicted octanol–water partition coefficient (Wildman–Crippen LogP) is 2.93. The standard InChI is InChI=1S/C16H15NO4S/c1-20-15(18)12-11-8-22-9-17(11)14(13(12)16(19)21-2)10-6-4-3-5-7-10/h3-7H,8-9H2,1-2H3. The summed E-state index contributed by atoms with van der Waals surface area (Å²) in [6, 6.07) is 9.54. The second kappa shape index (κ2) is 5.88. The molecule has 0 saturated carbocycles. The SMILES string of the molecule is COC(=O)c1c(C(=O)OC)c(-c2ccccc2)n2c1CSC2. The minimum atomic E-state index is -0.522. The average molecular weight is 317 g/mol. The minimum Gasteiger partial charge on any atom is -0.465 e. The van der Waals surface area contributed by atoms with E-state index in [0.717, 1.165) is 11.3 Å². The summed E-state index contributed by atoms with van der Waals surface area (Å²) < 4.78 is 11.8. The molecule has 0 radical (unpaired) electrons. The zero-order valence-electron chi connectivity index (χ0n) is 12.3. The van der Waals surface area contributed by atoms with Gasteiger partial charge in [0.15, 0.2) is 0 Å². The fourth-order valence-corrected chi connectivity index (χ4v) is 3.76. The Labute approximate surface area is 132 Å². The minimum absolute atomic E-state index is 0.288. The molecule has 2 heterocycles. The van der Waals surface area contributed by atoms with Gasteiger partial charge in [-0.15, -0.1) is 11.8 Å². The van der Waals surface area contributed by atoms with Crippen molar-refractivity contribution in [1.82, 2.24) is 4.57 Å². The Morgan fingerprint density at radius 3 is 2.32 bits per heavy atom. The third-order valence-electron chi connectivity index (χ3n) is 3.66. The summed E-state index contributed by atoms with van der Waals surface area (Å²) in [5, 5.41) is 0. The van der Waals surface area contributed by atoms with E-state index in [1.165, 1.54) is 14.2 Å². The molecule has 114 valence electrons. The van der Waals surface area contributed by atoms with Gasteiger partial charge in [-0.05, 0) is 5.56 Å². The molecule has 3 rings (SSSR count). The van der Waals surface area contributed by atoms with Crippen LogP contribution in [0.25, 0.3) is 11.3 Å². The van der Waals surface area contributed by atoms with Gasteiger partial charge in [0, 0.05) is 11.4 Å². The summed E-state index contributed by atoms with van der Waals surface area (Å²) >= 11 is 1.69. The molecule has 1 aliphatic rings. The lowest BCUT2D eigenvalue weighted by atomic mass is 10.0. The van der Waals surface area contributed by atoms with Crippen LogP contribution in [0, 0.1) is 0 Å². The maximum Gasteiger partial charge on any atom is 0.340 e. The topological polar surface area (TPSA) is 57.5 Å². The number of ether oxygens (including phenoxy) is 2. The molecule has 1 aromatic heterocycles. The molecule has 6 heteroatoms. The van der Waals surface area contributed by atoms with Crippen molar-refractivity contribution in [3.63, 3.8) is 0 Å². The fourth-order valence-electron chi connectivity index (χ4n) is 2.71. The van der Waals surface area contributed by atoms with Crippen molar-refractivity contribution in [1.29, 1.82) is 0 Å². The number of esters is 2. The molecular weight excluding hydrogens is 302 g/mol. The van der Waals surface area contributed by atoms with E-state index in [4.69, 9.17) is 9.47 Å². The van der Waals surface area contributed by atoms with E-state index < -0.39 is 11.9 Å². The van der Waals surface area contributed by atoms with Gasteiger partial charge in [0.2, 0.25) is 0 Å². The van der Waals surface area contributed by atoms with Gasteiger partial charge in [-0.2, -0.15) is 0 Å². The van der Waals surface area contributed by atoms with Crippen LogP contribution in [0.5, 0.6) is 0 Å². The van der Waals surface area contributed by atoms with E-state index in [9.17, 15) is 9.59 Å². The van der Waals surface area contributed by atoms with Crippen LogP contribution in [-0.2, 0) is 21.1 Å². The molecule has 2 aromatic rings. The number of carbonyl (C=O) groups is 2. The van der Waals surface area contributed by atoms with E-state index in [2.05, 4.69) is 0 Å². The third kappa shape index (κ3) is 2.20. The smallest absolute Gasteiger partial charge is 0.340 e. The molecule has 0 amide bonds. The van der Waals surface area contributed by atoms with Gasteiger partial charge in [-0.25, -0.2) is 9.59 Å². The molecule has 0 aliphatic carbocycles. The number of thioether (sulfide) groups is 1. The Bertz CT molecular complexity index is 736. The van der Waals surface area contributed by atoms with Gasteiger partial charge in [0.05, 0.1) is 31.4 Å². The van der Waals surface area contributed by atoms with E-state index >= 15 is 0 Å². The number of carbonyl (C=O) groups excluding carboxylic acids is 2. The van der Waals surface area contributed by atoms with E-state index in [1.54, 1.807) is 11.8 Å². The lowest BCUT2D eigenvalue weighted by Crippen LogP contribution is -2.11. The fraction of sp³-hybridized carbons (Fsp3) is 0.250. The highest BCUT2D eigenvalue weighted by molar-refractivity contribution is 7.97. The first kappa shape index (κ1) is 14.7. The molecule has 0 fully saturated rings. The summed E-state index contributed by atoms with van der Waals surface area (Å²) in [6.45, 7) is 0. The molecule has 5 nitrogen and oxygen atoms in total. The molecule has 22 heavy (non-hydrogen) atoms. The Kier molecular flexibility index (Phi) is 3.94. The number of rotatable bonds is 3. The Morgan fingerprint density at radius 1 is 1.05 bits per heavy atom. The maximum atomic E-state index is 12.3. The number of aromatic nitrogens is 1.